The second-order valence-electron chi connectivity index (χ2n) is 3.05. The molecule has 1 aliphatic rings. The van der Waals surface area contributed by atoms with Gasteiger partial charge in [0, 0.05) is 0 Å². The van der Waals surface area contributed by atoms with Crippen molar-refractivity contribution in [1.29, 1.82) is 0 Å². The molecule has 0 amide bonds. The zero-order valence-electron chi connectivity index (χ0n) is 7.59. The van der Waals surface area contributed by atoms with E-state index in [1.165, 1.54) is 4.35 Å². The van der Waals surface area contributed by atoms with Crippen LogP contribution in [0.3, 0.4) is 0 Å². The Morgan fingerprint density at radius 2 is 2.14 bits per heavy atom. The third kappa shape index (κ3) is 2.43. The zero-order valence-corrected chi connectivity index (χ0v) is 11.1. The molecule has 2 nitrogen and oxygen atoms in total. The van der Waals surface area contributed by atoms with Gasteiger partial charge in [0.2, 0.25) is 0 Å². The van der Waals surface area contributed by atoms with Crippen molar-refractivity contribution in [3.8, 4) is 0 Å². The molecule has 0 spiro atoms. The molecular weight excluding hydrogens is 277 g/mol. The maximum atomic E-state index is 9.04. The van der Waals surface area contributed by atoms with E-state index in [0.717, 1.165) is 11.4 Å². The van der Waals surface area contributed by atoms with Crippen molar-refractivity contribution in [1.82, 2.24) is 0 Å². The van der Waals surface area contributed by atoms with Crippen LogP contribution in [0.2, 0.25) is 0 Å². The summed E-state index contributed by atoms with van der Waals surface area (Å²) < 4.78 is 1.44. The molecule has 76 valence electrons. The molecule has 1 fully saturated rings. The molecule has 1 aromatic rings. The summed E-state index contributed by atoms with van der Waals surface area (Å²) in [6, 6.07) is 8.21. The van der Waals surface area contributed by atoms with Crippen LogP contribution in [0.1, 0.15) is 0 Å². The molecular formula is C9H12AsNOS2. The van der Waals surface area contributed by atoms with Crippen LogP contribution in [-0.4, -0.2) is 35.1 Å². The molecule has 14 heavy (non-hydrogen) atoms. The number of aliphatic hydroxyl groups excluding tert-OH is 1. The molecule has 0 bridgehead atoms. The summed E-state index contributed by atoms with van der Waals surface area (Å²) in [5, 5.41) is 9.50. The molecule has 2 unspecified atom stereocenters. The summed E-state index contributed by atoms with van der Waals surface area (Å²) in [4.78, 5) is 0. The summed E-state index contributed by atoms with van der Waals surface area (Å²) in [6.45, 7) is 0.317. The van der Waals surface area contributed by atoms with Crippen molar-refractivity contribution in [2.75, 3.05) is 18.1 Å². The fourth-order valence-corrected chi connectivity index (χ4v) is 16.6. The van der Waals surface area contributed by atoms with Gasteiger partial charge in [-0.1, -0.05) is 0 Å². The topological polar surface area (TPSA) is 46.2 Å². The van der Waals surface area contributed by atoms with Gasteiger partial charge in [0.25, 0.3) is 0 Å². The molecule has 0 saturated carbocycles. The molecule has 1 saturated heterocycles. The number of anilines is 1. The van der Waals surface area contributed by atoms with E-state index in [4.69, 9.17) is 10.8 Å². The Kier molecular flexibility index (Phi) is 3.72. The normalized spacial score (nSPS) is 26.6. The monoisotopic (exact) mass is 289 g/mol. The molecule has 2 rings (SSSR count). The van der Waals surface area contributed by atoms with Crippen LogP contribution in [0, 0.1) is 0 Å². The Hall–Kier alpha value is 0.238. The summed E-state index contributed by atoms with van der Waals surface area (Å²) in [6.07, 6.45) is 0. The van der Waals surface area contributed by atoms with E-state index in [9.17, 15) is 0 Å². The number of hydrogen-bond donors (Lipinski definition) is 2. The van der Waals surface area contributed by atoms with E-state index in [1.807, 2.05) is 32.2 Å². The van der Waals surface area contributed by atoms with E-state index >= 15 is 0 Å². The number of rotatable bonds is 2. The molecule has 3 N–H and O–H groups in total. The van der Waals surface area contributed by atoms with Crippen LogP contribution in [-0.2, 0) is 0 Å². The first-order chi connectivity index (χ1) is 6.79. The standard InChI is InChI=1S/C9H12AsNOS2/c11-8-3-1-7(2-4-8)10-13-6-9(5-12)14-10/h1-4,9,12H,5-6,11H2. The van der Waals surface area contributed by atoms with Gasteiger partial charge in [-0.15, -0.1) is 0 Å². The van der Waals surface area contributed by atoms with Crippen LogP contribution < -0.4 is 10.1 Å². The Morgan fingerprint density at radius 1 is 1.43 bits per heavy atom. The molecule has 0 aliphatic carbocycles. The van der Waals surface area contributed by atoms with Gasteiger partial charge in [0.1, 0.15) is 0 Å². The van der Waals surface area contributed by atoms with Crippen molar-refractivity contribution < 1.29 is 5.11 Å². The third-order valence-electron chi connectivity index (χ3n) is 1.93. The van der Waals surface area contributed by atoms with Crippen LogP contribution in [0.5, 0.6) is 0 Å². The zero-order chi connectivity index (χ0) is 9.97. The number of aliphatic hydroxyl groups is 1. The van der Waals surface area contributed by atoms with Gasteiger partial charge >= 0.3 is 95.1 Å². The van der Waals surface area contributed by atoms with Crippen molar-refractivity contribution in [2.24, 2.45) is 0 Å². The molecule has 1 aliphatic heterocycles. The van der Waals surface area contributed by atoms with Crippen molar-refractivity contribution in [3.05, 3.63) is 24.3 Å². The number of nitrogens with two attached hydrogens (primary N) is 1. The first-order valence-corrected chi connectivity index (χ1v) is 11.7. The van der Waals surface area contributed by atoms with Crippen LogP contribution in [0.4, 0.5) is 5.69 Å². The first kappa shape index (κ1) is 10.7. The van der Waals surface area contributed by atoms with Crippen LogP contribution in [0.15, 0.2) is 24.3 Å². The fourth-order valence-electron chi connectivity index (χ4n) is 1.16. The average molecular weight is 289 g/mol. The fraction of sp³-hybridized carbons (Fsp3) is 0.333. The van der Waals surface area contributed by atoms with Gasteiger partial charge in [0.15, 0.2) is 0 Å². The second kappa shape index (κ2) is 4.84. The van der Waals surface area contributed by atoms with Crippen molar-refractivity contribution >= 4 is 42.4 Å². The first-order valence-electron chi connectivity index (χ1n) is 4.36. The number of hydrogen-bond acceptors (Lipinski definition) is 4. The predicted octanol–water partition coefficient (Wildman–Crippen LogP) is 0.805. The number of nitrogen functional groups attached to an aromatic ring is 1. The maximum absolute atomic E-state index is 9.04. The van der Waals surface area contributed by atoms with Gasteiger partial charge in [0.05, 0.1) is 0 Å². The summed E-state index contributed by atoms with van der Waals surface area (Å²) >= 11 is -0.987. The minimum absolute atomic E-state index is 0.317. The molecule has 2 atom stereocenters. The van der Waals surface area contributed by atoms with Crippen molar-refractivity contribution in [3.63, 3.8) is 0 Å². The minimum atomic E-state index is -0.987. The van der Waals surface area contributed by atoms with Gasteiger partial charge in [-0.2, -0.15) is 0 Å². The molecule has 0 aromatic heterocycles. The van der Waals surface area contributed by atoms with Gasteiger partial charge < -0.3 is 0 Å². The SMILES string of the molecule is Nc1ccc([As]2SCC(CO)S2)cc1. The van der Waals surface area contributed by atoms with Crippen LogP contribution >= 0.6 is 20.0 Å². The Labute approximate surface area is 94.9 Å². The average Bonchev–Trinajstić information content (AvgIpc) is 2.67. The van der Waals surface area contributed by atoms with E-state index in [-0.39, 0.29) is 0 Å². The van der Waals surface area contributed by atoms with Gasteiger partial charge in [-0.05, 0) is 0 Å². The van der Waals surface area contributed by atoms with E-state index in [0.29, 0.717) is 11.9 Å². The predicted molar refractivity (Wildman–Crippen MR) is 67.2 cm³/mol. The Bertz CT molecular complexity index is 306. The van der Waals surface area contributed by atoms with Crippen molar-refractivity contribution in [2.45, 2.75) is 5.25 Å². The summed E-state index contributed by atoms with van der Waals surface area (Å²) in [5.74, 6) is 1.10. The molecule has 5 heteroatoms. The Balaban J connectivity index is 2.06. The molecule has 0 radical (unpaired) electrons. The molecule has 1 aromatic carbocycles. The Morgan fingerprint density at radius 3 is 2.71 bits per heavy atom. The quantitative estimate of drug-likeness (QED) is 0.625. The van der Waals surface area contributed by atoms with E-state index in [1.54, 1.807) is 0 Å². The summed E-state index contributed by atoms with van der Waals surface area (Å²) in [5.41, 5.74) is 6.47. The van der Waals surface area contributed by atoms with Gasteiger partial charge in [-0.3, -0.25) is 0 Å². The van der Waals surface area contributed by atoms with Crippen LogP contribution in [0.25, 0.3) is 0 Å². The number of benzene rings is 1. The molecule has 1 heterocycles. The van der Waals surface area contributed by atoms with E-state index < -0.39 is 12.3 Å². The third-order valence-corrected chi connectivity index (χ3v) is 15.9. The van der Waals surface area contributed by atoms with Gasteiger partial charge in [-0.25, -0.2) is 0 Å². The van der Waals surface area contributed by atoms with E-state index in [2.05, 4.69) is 12.1 Å². The second-order valence-corrected chi connectivity index (χ2v) is 14.6. The summed E-state index contributed by atoms with van der Waals surface area (Å²) in [7, 11) is 4.03.